The number of amides is 1. The Bertz CT molecular complexity index is 307. The van der Waals surface area contributed by atoms with Crippen molar-refractivity contribution in [2.75, 3.05) is 6.54 Å². The Morgan fingerprint density at radius 3 is 2.69 bits per heavy atom. The SMILES string of the molecule is O=C(O)C(O)CNC(=O)C1CC2CCC1N2. The first-order valence-electron chi connectivity index (χ1n) is 5.52. The van der Waals surface area contributed by atoms with E-state index < -0.39 is 12.1 Å². The van der Waals surface area contributed by atoms with Crippen molar-refractivity contribution < 1.29 is 19.8 Å². The predicted octanol–water partition coefficient (Wildman–Crippen LogP) is -1.31. The van der Waals surface area contributed by atoms with Crippen molar-refractivity contribution >= 4 is 11.9 Å². The topological polar surface area (TPSA) is 98.7 Å². The molecular weight excluding hydrogens is 212 g/mol. The molecule has 4 N–H and O–H groups in total. The third-order valence-corrected chi connectivity index (χ3v) is 3.39. The van der Waals surface area contributed by atoms with Crippen LogP contribution in [0.15, 0.2) is 0 Å². The van der Waals surface area contributed by atoms with Crippen LogP contribution in [-0.2, 0) is 9.59 Å². The number of hydrogen-bond acceptors (Lipinski definition) is 4. The number of carboxylic acid groups (broad SMARTS) is 1. The molecule has 2 aliphatic rings. The minimum absolute atomic E-state index is 0.0697. The highest BCUT2D eigenvalue weighted by molar-refractivity contribution is 5.81. The summed E-state index contributed by atoms with van der Waals surface area (Å²) < 4.78 is 0. The van der Waals surface area contributed by atoms with Gasteiger partial charge in [-0.2, -0.15) is 0 Å². The molecule has 4 unspecified atom stereocenters. The van der Waals surface area contributed by atoms with Crippen LogP contribution in [0.25, 0.3) is 0 Å². The zero-order chi connectivity index (χ0) is 11.7. The van der Waals surface area contributed by atoms with Crippen LogP contribution in [0.4, 0.5) is 0 Å². The van der Waals surface area contributed by atoms with Gasteiger partial charge in [0.05, 0.1) is 12.5 Å². The number of carbonyl (C=O) groups excluding carboxylic acids is 1. The molecule has 2 aliphatic heterocycles. The van der Waals surface area contributed by atoms with Crippen LogP contribution in [0, 0.1) is 5.92 Å². The smallest absolute Gasteiger partial charge is 0.334 e. The fraction of sp³-hybridized carbons (Fsp3) is 0.800. The number of fused-ring (bicyclic) bond motifs is 2. The molecule has 90 valence electrons. The first-order valence-corrected chi connectivity index (χ1v) is 5.52. The first-order chi connectivity index (χ1) is 7.58. The Morgan fingerprint density at radius 2 is 2.19 bits per heavy atom. The van der Waals surface area contributed by atoms with E-state index in [1.165, 1.54) is 0 Å². The van der Waals surface area contributed by atoms with Gasteiger partial charge in [0.2, 0.25) is 5.91 Å². The molecule has 0 saturated carbocycles. The van der Waals surface area contributed by atoms with E-state index in [-0.39, 0.29) is 24.4 Å². The number of nitrogens with one attached hydrogen (secondary N) is 2. The first kappa shape index (κ1) is 11.3. The molecule has 2 heterocycles. The van der Waals surface area contributed by atoms with Crippen LogP contribution in [0.1, 0.15) is 19.3 Å². The average Bonchev–Trinajstić information content (AvgIpc) is 2.86. The molecule has 0 aromatic carbocycles. The van der Waals surface area contributed by atoms with Crippen molar-refractivity contribution in [1.29, 1.82) is 0 Å². The van der Waals surface area contributed by atoms with E-state index in [0.717, 1.165) is 19.3 Å². The Labute approximate surface area is 93.0 Å². The molecule has 2 bridgehead atoms. The van der Waals surface area contributed by atoms with Crippen LogP contribution < -0.4 is 10.6 Å². The second-order valence-electron chi connectivity index (χ2n) is 4.49. The standard InChI is InChI=1S/C10H16N2O4/c13-8(10(15)16)4-11-9(14)6-3-5-1-2-7(6)12-5/h5-8,12-13H,1-4H2,(H,11,14)(H,15,16). The van der Waals surface area contributed by atoms with Gasteiger partial charge in [-0.1, -0.05) is 0 Å². The van der Waals surface area contributed by atoms with Crippen molar-refractivity contribution in [3.63, 3.8) is 0 Å². The molecule has 6 heteroatoms. The van der Waals surface area contributed by atoms with Gasteiger partial charge in [-0.15, -0.1) is 0 Å². The lowest BCUT2D eigenvalue weighted by atomic mass is 9.88. The van der Waals surface area contributed by atoms with Gasteiger partial charge in [0.25, 0.3) is 0 Å². The Balaban J connectivity index is 1.78. The number of aliphatic hydroxyl groups excluding tert-OH is 1. The van der Waals surface area contributed by atoms with Gasteiger partial charge in [0.15, 0.2) is 6.10 Å². The van der Waals surface area contributed by atoms with Crippen LogP contribution in [0.5, 0.6) is 0 Å². The summed E-state index contributed by atoms with van der Waals surface area (Å²) in [6, 6.07) is 0.664. The minimum Gasteiger partial charge on any atom is -0.479 e. The minimum atomic E-state index is -1.52. The van der Waals surface area contributed by atoms with E-state index in [1.54, 1.807) is 0 Å². The fourth-order valence-corrected chi connectivity index (χ4v) is 2.53. The van der Waals surface area contributed by atoms with Gasteiger partial charge >= 0.3 is 5.97 Å². The Kier molecular flexibility index (Phi) is 3.11. The van der Waals surface area contributed by atoms with Crippen molar-refractivity contribution in [3.05, 3.63) is 0 Å². The molecular formula is C10H16N2O4. The van der Waals surface area contributed by atoms with Crippen molar-refractivity contribution in [2.45, 2.75) is 37.5 Å². The number of aliphatic carboxylic acids is 1. The van der Waals surface area contributed by atoms with Gasteiger partial charge in [0.1, 0.15) is 0 Å². The average molecular weight is 228 g/mol. The van der Waals surface area contributed by atoms with Gasteiger partial charge in [0, 0.05) is 12.1 Å². The highest BCUT2D eigenvalue weighted by atomic mass is 16.4. The molecule has 2 saturated heterocycles. The Hall–Kier alpha value is -1.14. The summed E-state index contributed by atoms with van der Waals surface area (Å²) in [4.78, 5) is 22.1. The zero-order valence-corrected chi connectivity index (χ0v) is 8.85. The van der Waals surface area contributed by atoms with E-state index in [1.807, 2.05) is 0 Å². The summed E-state index contributed by atoms with van der Waals surface area (Å²) in [7, 11) is 0. The molecule has 0 aliphatic carbocycles. The lowest BCUT2D eigenvalue weighted by Crippen LogP contribution is -2.42. The van der Waals surface area contributed by atoms with E-state index in [9.17, 15) is 9.59 Å². The normalized spacial score (nSPS) is 33.7. The molecule has 0 spiro atoms. The molecule has 2 rings (SSSR count). The van der Waals surface area contributed by atoms with E-state index in [0.29, 0.717) is 6.04 Å². The van der Waals surface area contributed by atoms with Gasteiger partial charge in [-0.3, -0.25) is 4.79 Å². The summed E-state index contributed by atoms with van der Waals surface area (Å²) in [5.41, 5.74) is 0. The van der Waals surface area contributed by atoms with E-state index in [4.69, 9.17) is 10.2 Å². The summed E-state index contributed by atoms with van der Waals surface area (Å²) >= 11 is 0. The molecule has 1 amide bonds. The number of carboxylic acids is 1. The lowest BCUT2D eigenvalue weighted by molar-refractivity contribution is -0.146. The van der Waals surface area contributed by atoms with Crippen LogP contribution in [-0.4, -0.2) is 46.8 Å². The summed E-state index contributed by atoms with van der Waals surface area (Å²) in [6.45, 7) is -0.220. The van der Waals surface area contributed by atoms with Crippen molar-refractivity contribution in [2.24, 2.45) is 5.92 Å². The zero-order valence-electron chi connectivity index (χ0n) is 8.85. The van der Waals surface area contributed by atoms with Crippen LogP contribution in [0.3, 0.4) is 0 Å². The number of carbonyl (C=O) groups is 2. The quantitative estimate of drug-likeness (QED) is 0.479. The molecule has 16 heavy (non-hydrogen) atoms. The summed E-state index contributed by atoms with van der Waals surface area (Å²) in [5.74, 6) is -1.54. The van der Waals surface area contributed by atoms with Crippen LogP contribution in [0.2, 0.25) is 0 Å². The maximum absolute atomic E-state index is 11.7. The highest BCUT2D eigenvalue weighted by Gasteiger charge is 2.42. The molecule has 2 fully saturated rings. The lowest BCUT2D eigenvalue weighted by Gasteiger charge is -2.19. The maximum Gasteiger partial charge on any atom is 0.334 e. The van der Waals surface area contributed by atoms with Crippen molar-refractivity contribution in [1.82, 2.24) is 10.6 Å². The molecule has 0 radical (unpaired) electrons. The van der Waals surface area contributed by atoms with Gasteiger partial charge < -0.3 is 20.8 Å². The van der Waals surface area contributed by atoms with Gasteiger partial charge in [-0.25, -0.2) is 4.79 Å². The molecule has 0 aromatic heterocycles. The maximum atomic E-state index is 11.7. The summed E-state index contributed by atoms with van der Waals surface area (Å²) in [6.07, 6.45) is 1.42. The van der Waals surface area contributed by atoms with Crippen molar-refractivity contribution in [3.8, 4) is 0 Å². The second kappa shape index (κ2) is 4.39. The molecule has 0 aromatic rings. The number of hydrogen-bond donors (Lipinski definition) is 4. The largest absolute Gasteiger partial charge is 0.479 e. The number of aliphatic hydroxyl groups is 1. The third-order valence-electron chi connectivity index (χ3n) is 3.39. The molecule has 4 atom stereocenters. The Morgan fingerprint density at radius 1 is 1.44 bits per heavy atom. The van der Waals surface area contributed by atoms with Crippen LogP contribution >= 0.6 is 0 Å². The van der Waals surface area contributed by atoms with E-state index >= 15 is 0 Å². The monoisotopic (exact) mass is 228 g/mol. The fourth-order valence-electron chi connectivity index (χ4n) is 2.53. The second-order valence-corrected chi connectivity index (χ2v) is 4.49. The predicted molar refractivity (Wildman–Crippen MR) is 54.7 cm³/mol. The highest BCUT2D eigenvalue weighted by Crippen LogP contribution is 2.33. The number of rotatable bonds is 4. The van der Waals surface area contributed by atoms with Gasteiger partial charge in [-0.05, 0) is 19.3 Å². The third kappa shape index (κ3) is 2.17. The van der Waals surface area contributed by atoms with E-state index in [2.05, 4.69) is 10.6 Å². The molecule has 6 nitrogen and oxygen atoms in total. The summed E-state index contributed by atoms with van der Waals surface area (Å²) in [5, 5.41) is 23.3.